The fraction of sp³-hybridized carbons (Fsp3) is 0.500. The van der Waals surface area contributed by atoms with Gasteiger partial charge in [0.25, 0.3) is 0 Å². The second kappa shape index (κ2) is 7.76. The summed E-state index contributed by atoms with van der Waals surface area (Å²) in [5.41, 5.74) is 0.710. The van der Waals surface area contributed by atoms with Crippen LogP contribution in [0.2, 0.25) is 0 Å². The fourth-order valence-corrected chi connectivity index (χ4v) is 2.97. The standard InChI is InChI=1S/C16H21NO6S/c1-11(23-16(19)13-7-9-22-10-8-13)15(18)12-3-5-14(6-4-12)17-24(2,20)21/h3-6,11,13,17H,7-10H2,1-2H3. The molecule has 0 radical (unpaired) electrons. The van der Waals surface area contributed by atoms with Crippen molar-refractivity contribution in [1.82, 2.24) is 0 Å². The van der Waals surface area contributed by atoms with E-state index < -0.39 is 16.1 Å². The molecular weight excluding hydrogens is 334 g/mol. The molecule has 2 rings (SSSR count). The molecule has 0 saturated carbocycles. The number of hydrogen-bond acceptors (Lipinski definition) is 6. The van der Waals surface area contributed by atoms with Crippen LogP contribution < -0.4 is 4.72 Å². The quantitative estimate of drug-likeness (QED) is 0.615. The first-order valence-corrected chi connectivity index (χ1v) is 9.56. The molecule has 0 spiro atoms. The number of carbonyl (C=O) groups excluding carboxylic acids is 2. The van der Waals surface area contributed by atoms with Gasteiger partial charge in [0.1, 0.15) is 0 Å². The fourth-order valence-electron chi connectivity index (χ4n) is 2.41. The van der Waals surface area contributed by atoms with E-state index in [0.29, 0.717) is 37.3 Å². The number of sulfonamides is 1. The van der Waals surface area contributed by atoms with Gasteiger partial charge in [-0.25, -0.2) is 8.42 Å². The van der Waals surface area contributed by atoms with Crippen LogP contribution in [-0.4, -0.2) is 45.7 Å². The van der Waals surface area contributed by atoms with Gasteiger partial charge in [0.05, 0.1) is 12.2 Å². The lowest BCUT2D eigenvalue weighted by molar-refractivity contribution is -0.154. The molecule has 0 aromatic heterocycles. The highest BCUT2D eigenvalue weighted by Gasteiger charge is 2.27. The summed E-state index contributed by atoms with van der Waals surface area (Å²) < 4.78 is 35.1. The van der Waals surface area contributed by atoms with Crippen LogP contribution in [0.1, 0.15) is 30.1 Å². The van der Waals surface area contributed by atoms with Gasteiger partial charge in [0.2, 0.25) is 15.8 Å². The van der Waals surface area contributed by atoms with Crippen LogP contribution in [0.3, 0.4) is 0 Å². The molecule has 1 aromatic rings. The Morgan fingerprint density at radius 1 is 1.21 bits per heavy atom. The number of carbonyl (C=O) groups is 2. The van der Waals surface area contributed by atoms with Crippen molar-refractivity contribution >= 4 is 27.5 Å². The van der Waals surface area contributed by atoms with Crippen LogP contribution in [-0.2, 0) is 24.3 Å². The van der Waals surface area contributed by atoms with Crippen LogP contribution in [0, 0.1) is 5.92 Å². The largest absolute Gasteiger partial charge is 0.454 e. The van der Waals surface area contributed by atoms with Crippen LogP contribution in [0.25, 0.3) is 0 Å². The molecule has 1 aromatic carbocycles. The number of rotatable bonds is 6. The molecular formula is C16H21NO6S. The monoisotopic (exact) mass is 355 g/mol. The summed E-state index contributed by atoms with van der Waals surface area (Å²) in [6, 6.07) is 5.96. The summed E-state index contributed by atoms with van der Waals surface area (Å²) in [6.07, 6.45) is 1.36. The van der Waals surface area contributed by atoms with E-state index in [2.05, 4.69) is 4.72 Å². The Bertz CT molecular complexity index is 692. The normalized spacial score (nSPS) is 17.1. The predicted molar refractivity (Wildman–Crippen MR) is 88.3 cm³/mol. The van der Waals surface area contributed by atoms with Gasteiger partial charge < -0.3 is 9.47 Å². The molecule has 8 heteroatoms. The maximum absolute atomic E-state index is 12.3. The van der Waals surface area contributed by atoms with Crippen molar-refractivity contribution in [3.05, 3.63) is 29.8 Å². The Balaban J connectivity index is 1.95. The minimum Gasteiger partial charge on any atom is -0.454 e. The molecule has 0 amide bonds. The van der Waals surface area contributed by atoms with Gasteiger partial charge in [0.15, 0.2) is 6.10 Å². The van der Waals surface area contributed by atoms with Crippen molar-refractivity contribution in [2.75, 3.05) is 24.2 Å². The lowest BCUT2D eigenvalue weighted by atomic mass is 10.0. The molecule has 132 valence electrons. The summed E-state index contributed by atoms with van der Waals surface area (Å²) >= 11 is 0. The van der Waals surface area contributed by atoms with Crippen molar-refractivity contribution in [2.45, 2.75) is 25.9 Å². The molecule has 1 unspecified atom stereocenters. The first-order valence-electron chi connectivity index (χ1n) is 7.66. The molecule has 1 fully saturated rings. The van der Waals surface area contributed by atoms with Gasteiger partial charge in [-0.05, 0) is 44.0 Å². The van der Waals surface area contributed by atoms with E-state index in [-0.39, 0.29) is 17.7 Å². The summed E-state index contributed by atoms with van der Waals surface area (Å²) in [6.45, 7) is 2.58. The molecule has 24 heavy (non-hydrogen) atoms. The van der Waals surface area contributed by atoms with Crippen LogP contribution in [0.4, 0.5) is 5.69 Å². The Kier molecular flexibility index (Phi) is 5.95. The highest BCUT2D eigenvalue weighted by molar-refractivity contribution is 7.92. The number of benzene rings is 1. The zero-order chi connectivity index (χ0) is 17.7. The minimum absolute atomic E-state index is 0.227. The Morgan fingerprint density at radius 3 is 2.33 bits per heavy atom. The van der Waals surface area contributed by atoms with Crippen molar-refractivity contribution in [3.63, 3.8) is 0 Å². The third kappa shape index (κ3) is 5.31. The van der Waals surface area contributed by atoms with Gasteiger partial charge >= 0.3 is 5.97 Å². The molecule has 0 aliphatic carbocycles. The summed E-state index contributed by atoms with van der Waals surface area (Å²) in [5, 5.41) is 0. The van der Waals surface area contributed by atoms with Gasteiger partial charge in [-0.3, -0.25) is 14.3 Å². The molecule has 0 bridgehead atoms. The number of nitrogens with one attached hydrogen (secondary N) is 1. The second-order valence-corrected chi connectivity index (χ2v) is 7.53. The van der Waals surface area contributed by atoms with E-state index >= 15 is 0 Å². The Labute approximate surface area is 141 Å². The number of hydrogen-bond donors (Lipinski definition) is 1. The average molecular weight is 355 g/mol. The minimum atomic E-state index is -3.37. The average Bonchev–Trinajstić information content (AvgIpc) is 2.54. The molecule has 7 nitrogen and oxygen atoms in total. The molecule has 1 heterocycles. The molecule has 1 atom stereocenters. The SMILES string of the molecule is CC(OC(=O)C1CCOCC1)C(=O)c1ccc(NS(C)(=O)=O)cc1. The Morgan fingerprint density at radius 2 is 1.79 bits per heavy atom. The van der Waals surface area contributed by atoms with Gasteiger partial charge in [-0.15, -0.1) is 0 Å². The number of ketones is 1. The van der Waals surface area contributed by atoms with Crippen molar-refractivity contribution in [3.8, 4) is 0 Å². The van der Waals surface area contributed by atoms with E-state index in [1.165, 1.54) is 31.2 Å². The topological polar surface area (TPSA) is 98.8 Å². The summed E-state index contributed by atoms with van der Waals surface area (Å²) in [7, 11) is -3.37. The third-order valence-corrected chi connectivity index (χ3v) is 4.30. The van der Waals surface area contributed by atoms with Gasteiger partial charge in [-0.2, -0.15) is 0 Å². The van der Waals surface area contributed by atoms with Crippen LogP contribution >= 0.6 is 0 Å². The molecule has 1 saturated heterocycles. The first kappa shape index (κ1) is 18.4. The van der Waals surface area contributed by atoms with Crippen molar-refractivity contribution < 1.29 is 27.5 Å². The van der Waals surface area contributed by atoms with E-state index in [9.17, 15) is 18.0 Å². The van der Waals surface area contributed by atoms with E-state index in [4.69, 9.17) is 9.47 Å². The lowest BCUT2D eigenvalue weighted by Crippen LogP contribution is -2.31. The van der Waals surface area contributed by atoms with E-state index in [1.807, 2.05) is 0 Å². The van der Waals surface area contributed by atoms with Crippen molar-refractivity contribution in [1.29, 1.82) is 0 Å². The molecule has 1 N–H and O–H groups in total. The second-order valence-electron chi connectivity index (χ2n) is 5.78. The number of esters is 1. The Hall–Kier alpha value is -1.93. The smallest absolute Gasteiger partial charge is 0.309 e. The first-order chi connectivity index (χ1) is 11.3. The summed E-state index contributed by atoms with van der Waals surface area (Å²) in [4.78, 5) is 24.4. The zero-order valence-corrected chi connectivity index (χ0v) is 14.5. The van der Waals surface area contributed by atoms with Gasteiger partial charge in [-0.1, -0.05) is 0 Å². The number of Topliss-reactive ketones (excluding diaryl/α,β-unsaturated/α-hetero) is 1. The van der Waals surface area contributed by atoms with Crippen LogP contribution in [0.5, 0.6) is 0 Å². The maximum atomic E-state index is 12.3. The van der Waals surface area contributed by atoms with Crippen molar-refractivity contribution in [2.24, 2.45) is 5.92 Å². The van der Waals surface area contributed by atoms with Gasteiger partial charge in [0, 0.05) is 24.5 Å². The van der Waals surface area contributed by atoms with E-state index in [0.717, 1.165) is 6.26 Å². The maximum Gasteiger partial charge on any atom is 0.309 e. The number of ether oxygens (including phenoxy) is 2. The summed E-state index contributed by atoms with van der Waals surface area (Å²) in [5.74, 6) is -0.939. The van der Waals surface area contributed by atoms with E-state index in [1.54, 1.807) is 0 Å². The third-order valence-electron chi connectivity index (χ3n) is 3.69. The zero-order valence-electron chi connectivity index (χ0n) is 13.7. The predicted octanol–water partition coefficient (Wildman–Crippen LogP) is 1.60. The lowest BCUT2D eigenvalue weighted by Gasteiger charge is -2.22. The highest BCUT2D eigenvalue weighted by atomic mass is 32.2. The molecule has 1 aliphatic rings. The number of anilines is 1. The highest BCUT2D eigenvalue weighted by Crippen LogP contribution is 2.18. The van der Waals surface area contributed by atoms with Crippen LogP contribution in [0.15, 0.2) is 24.3 Å². The molecule has 1 aliphatic heterocycles.